The number of para-hydroxylation sites is 2. The van der Waals surface area contributed by atoms with Gasteiger partial charge in [0.25, 0.3) is 0 Å². The highest BCUT2D eigenvalue weighted by atomic mass is 35.5. The van der Waals surface area contributed by atoms with Crippen molar-refractivity contribution in [1.29, 1.82) is 0 Å². The van der Waals surface area contributed by atoms with Gasteiger partial charge in [0.2, 0.25) is 5.91 Å². The van der Waals surface area contributed by atoms with Crippen LogP contribution in [0.15, 0.2) is 97.1 Å². The van der Waals surface area contributed by atoms with Crippen molar-refractivity contribution in [2.24, 2.45) is 0 Å². The van der Waals surface area contributed by atoms with Crippen LogP contribution < -0.4 is 9.64 Å². The van der Waals surface area contributed by atoms with Gasteiger partial charge in [0.1, 0.15) is 5.75 Å². The Morgan fingerprint density at radius 1 is 0.889 bits per heavy atom. The zero-order valence-corrected chi connectivity index (χ0v) is 26.2. The van der Waals surface area contributed by atoms with E-state index >= 15 is 0 Å². The molecule has 4 aromatic carbocycles. The van der Waals surface area contributed by atoms with Gasteiger partial charge in [-0.05, 0) is 59.5 Å². The molecule has 0 aliphatic carbocycles. The van der Waals surface area contributed by atoms with Crippen molar-refractivity contribution in [1.82, 2.24) is 4.90 Å². The fourth-order valence-corrected chi connectivity index (χ4v) is 5.62. The Labute approximate surface area is 272 Å². The SMILES string of the molecule is Cl.O=C(Cc1cccc(OCCCN(c2ccccc2)c2ccccc2Cc2cccc(C(F)(F)F)c2Cl)c1)N1CCOCC1. The van der Waals surface area contributed by atoms with E-state index < -0.39 is 11.7 Å². The van der Waals surface area contributed by atoms with E-state index in [2.05, 4.69) is 4.90 Å². The predicted molar refractivity (Wildman–Crippen MR) is 174 cm³/mol. The van der Waals surface area contributed by atoms with Crippen molar-refractivity contribution in [2.75, 3.05) is 44.4 Å². The number of amides is 1. The summed E-state index contributed by atoms with van der Waals surface area (Å²) >= 11 is 6.26. The molecule has 5 nitrogen and oxygen atoms in total. The molecule has 238 valence electrons. The zero-order chi connectivity index (χ0) is 30.9. The fraction of sp³-hybridized carbons (Fsp3) is 0.286. The van der Waals surface area contributed by atoms with E-state index in [1.54, 1.807) is 6.07 Å². The van der Waals surface area contributed by atoms with Crippen LogP contribution in [-0.2, 0) is 28.5 Å². The lowest BCUT2D eigenvalue weighted by molar-refractivity contribution is -0.137. The molecule has 0 radical (unpaired) electrons. The monoisotopic (exact) mass is 658 g/mol. The van der Waals surface area contributed by atoms with Gasteiger partial charge in [-0.25, -0.2) is 0 Å². The number of morpholine rings is 1. The molecule has 5 rings (SSSR count). The molecular formula is C35H35Cl2F3N2O3. The molecule has 1 amide bonds. The second-order valence-electron chi connectivity index (χ2n) is 10.6. The highest BCUT2D eigenvalue weighted by Gasteiger charge is 2.34. The van der Waals surface area contributed by atoms with Gasteiger partial charge in [-0.1, -0.05) is 72.3 Å². The van der Waals surface area contributed by atoms with Gasteiger partial charge in [0.15, 0.2) is 0 Å². The smallest absolute Gasteiger partial charge is 0.417 e. The zero-order valence-electron chi connectivity index (χ0n) is 24.6. The van der Waals surface area contributed by atoms with Gasteiger partial charge in [-0.3, -0.25) is 4.79 Å². The third-order valence-corrected chi connectivity index (χ3v) is 7.97. The summed E-state index contributed by atoms with van der Waals surface area (Å²) in [7, 11) is 0. The molecule has 0 unspecified atom stereocenters. The Balaban J connectivity index is 0.00000461. The number of ether oxygens (including phenoxy) is 2. The molecule has 1 fully saturated rings. The number of nitrogens with zero attached hydrogens (tertiary/aromatic N) is 2. The van der Waals surface area contributed by atoms with Gasteiger partial charge < -0.3 is 19.3 Å². The highest BCUT2D eigenvalue weighted by molar-refractivity contribution is 6.32. The molecule has 4 aromatic rings. The lowest BCUT2D eigenvalue weighted by Crippen LogP contribution is -2.41. The molecular weight excluding hydrogens is 624 g/mol. The molecule has 1 heterocycles. The second-order valence-corrected chi connectivity index (χ2v) is 11.0. The molecule has 0 N–H and O–H groups in total. The Bertz CT molecular complexity index is 1550. The highest BCUT2D eigenvalue weighted by Crippen LogP contribution is 2.38. The van der Waals surface area contributed by atoms with Crippen LogP contribution in [0.2, 0.25) is 5.02 Å². The summed E-state index contributed by atoms with van der Waals surface area (Å²) in [5.41, 5.74) is 3.18. The van der Waals surface area contributed by atoms with Crippen LogP contribution in [0.4, 0.5) is 24.5 Å². The van der Waals surface area contributed by atoms with Crippen LogP contribution in [0.3, 0.4) is 0 Å². The molecule has 45 heavy (non-hydrogen) atoms. The summed E-state index contributed by atoms with van der Waals surface area (Å²) in [6.45, 7) is 3.40. The molecule has 1 aliphatic heterocycles. The van der Waals surface area contributed by atoms with Crippen molar-refractivity contribution in [3.05, 3.63) is 124 Å². The van der Waals surface area contributed by atoms with Crippen molar-refractivity contribution < 1.29 is 27.4 Å². The molecule has 1 aliphatic rings. The van der Waals surface area contributed by atoms with Crippen molar-refractivity contribution in [3.63, 3.8) is 0 Å². The minimum Gasteiger partial charge on any atom is -0.494 e. The quantitative estimate of drug-likeness (QED) is 0.152. The average molecular weight is 660 g/mol. The Morgan fingerprint density at radius 2 is 1.58 bits per heavy atom. The molecule has 0 atom stereocenters. The first kappa shape index (κ1) is 34.2. The molecule has 0 saturated carbocycles. The van der Waals surface area contributed by atoms with Crippen molar-refractivity contribution in [2.45, 2.75) is 25.4 Å². The molecule has 10 heteroatoms. The van der Waals surface area contributed by atoms with Crippen LogP contribution in [0, 0.1) is 0 Å². The lowest BCUT2D eigenvalue weighted by Gasteiger charge is -2.28. The summed E-state index contributed by atoms with van der Waals surface area (Å²) in [5, 5.41) is -0.275. The van der Waals surface area contributed by atoms with E-state index in [0.29, 0.717) is 63.6 Å². The van der Waals surface area contributed by atoms with Crippen LogP contribution in [0.5, 0.6) is 5.75 Å². The van der Waals surface area contributed by atoms with Crippen LogP contribution in [0.1, 0.15) is 28.7 Å². The number of hydrogen-bond acceptors (Lipinski definition) is 4. The summed E-state index contributed by atoms with van der Waals surface area (Å²) in [4.78, 5) is 16.7. The lowest BCUT2D eigenvalue weighted by atomic mass is 10.00. The first-order valence-corrected chi connectivity index (χ1v) is 15.0. The summed E-state index contributed by atoms with van der Waals surface area (Å²) < 4.78 is 52.0. The fourth-order valence-electron chi connectivity index (χ4n) is 5.32. The van der Waals surface area contributed by atoms with Crippen molar-refractivity contribution in [3.8, 4) is 5.75 Å². The largest absolute Gasteiger partial charge is 0.494 e. The summed E-state index contributed by atoms with van der Waals surface area (Å²) in [5.74, 6) is 0.775. The number of anilines is 2. The van der Waals surface area contributed by atoms with Gasteiger partial charge >= 0.3 is 6.18 Å². The van der Waals surface area contributed by atoms with Gasteiger partial charge in [-0.2, -0.15) is 13.2 Å². The van der Waals surface area contributed by atoms with E-state index in [1.807, 2.05) is 83.8 Å². The molecule has 0 spiro atoms. The number of alkyl halides is 3. The number of rotatable bonds is 11. The third kappa shape index (κ3) is 9.16. The van der Waals surface area contributed by atoms with E-state index in [1.165, 1.54) is 6.07 Å². The van der Waals surface area contributed by atoms with Crippen molar-refractivity contribution >= 4 is 41.3 Å². The van der Waals surface area contributed by atoms with Crippen LogP contribution >= 0.6 is 24.0 Å². The first-order valence-electron chi connectivity index (χ1n) is 14.6. The van der Waals surface area contributed by atoms with E-state index in [-0.39, 0.29) is 29.8 Å². The maximum absolute atomic E-state index is 13.5. The minimum absolute atomic E-state index is 0. The Hall–Kier alpha value is -3.72. The first-order chi connectivity index (χ1) is 21.3. The summed E-state index contributed by atoms with van der Waals surface area (Å²) in [6.07, 6.45) is -3.30. The van der Waals surface area contributed by atoms with E-state index in [0.717, 1.165) is 28.6 Å². The van der Waals surface area contributed by atoms with Gasteiger partial charge in [-0.15, -0.1) is 12.4 Å². The Kier molecular flexibility index (Phi) is 12.2. The van der Waals surface area contributed by atoms with Gasteiger partial charge in [0.05, 0.1) is 36.8 Å². The average Bonchev–Trinajstić information content (AvgIpc) is 3.03. The predicted octanol–water partition coefficient (Wildman–Crippen LogP) is 8.38. The minimum atomic E-state index is -4.53. The molecule has 0 aromatic heterocycles. The van der Waals surface area contributed by atoms with Gasteiger partial charge in [0, 0.05) is 37.4 Å². The maximum Gasteiger partial charge on any atom is 0.417 e. The third-order valence-electron chi connectivity index (χ3n) is 7.53. The Morgan fingerprint density at radius 3 is 2.33 bits per heavy atom. The topological polar surface area (TPSA) is 42.0 Å². The standard InChI is InChI=1S/C35H34ClF3N2O3.ClH/c36-34-28(11-7-15-31(34)35(37,38)39)25-27-10-4-5-16-32(27)41(29-12-2-1-3-13-29)17-8-20-44-30-14-6-9-26(23-30)24-33(42)40-18-21-43-22-19-40;/h1-7,9-16,23H,8,17-22,24-25H2;1H. The van der Waals surface area contributed by atoms with E-state index in [4.69, 9.17) is 21.1 Å². The molecule has 0 bridgehead atoms. The normalized spacial score (nSPS) is 13.2. The van der Waals surface area contributed by atoms with Crippen LogP contribution in [-0.4, -0.2) is 50.3 Å². The van der Waals surface area contributed by atoms with Crippen LogP contribution in [0.25, 0.3) is 0 Å². The number of hydrogen-bond donors (Lipinski definition) is 0. The number of halogens is 5. The number of carbonyl (C=O) groups is 1. The maximum atomic E-state index is 13.5. The second kappa shape index (κ2) is 16.0. The molecule has 1 saturated heterocycles. The van der Waals surface area contributed by atoms with E-state index in [9.17, 15) is 18.0 Å². The summed E-state index contributed by atoms with van der Waals surface area (Å²) in [6, 6.07) is 29.2. The number of carbonyl (C=O) groups excluding carboxylic acids is 1. The number of benzene rings is 4.